The number of carbonyl (C=O) groups is 1. The first-order chi connectivity index (χ1) is 9.84. The van der Waals surface area contributed by atoms with Gasteiger partial charge in [-0.2, -0.15) is 0 Å². The van der Waals surface area contributed by atoms with Crippen molar-refractivity contribution in [2.24, 2.45) is 0 Å². The molecule has 0 radical (unpaired) electrons. The molecule has 0 aliphatic rings. The Labute approximate surface area is 137 Å². The van der Waals surface area contributed by atoms with Gasteiger partial charge < -0.3 is 20.3 Å². The second-order valence-corrected chi connectivity index (χ2v) is 6.61. The summed E-state index contributed by atoms with van der Waals surface area (Å²) in [5, 5.41) is 21.3. The SMILES string of the molecule is O=C(N[C@H](CO)[C@@H](O)COCc1ccccc1)C(Cl)(Cl)Cl. The summed E-state index contributed by atoms with van der Waals surface area (Å²) in [5.41, 5.74) is 0.940. The highest BCUT2D eigenvalue weighted by molar-refractivity contribution is 6.76. The summed E-state index contributed by atoms with van der Waals surface area (Å²) in [5.74, 6) is -0.923. The highest BCUT2D eigenvalue weighted by Gasteiger charge is 2.33. The van der Waals surface area contributed by atoms with E-state index in [1.54, 1.807) is 0 Å². The second-order valence-electron chi connectivity index (χ2n) is 4.33. The predicted octanol–water partition coefficient (Wildman–Crippen LogP) is 1.41. The lowest BCUT2D eigenvalue weighted by Crippen LogP contribution is -2.50. The Morgan fingerprint density at radius 2 is 1.90 bits per heavy atom. The standard InChI is InChI=1S/C13H16Cl3NO4/c14-13(15,16)12(20)17-10(6-18)11(19)8-21-7-9-4-2-1-3-5-9/h1-5,10-11,18-19H,6-8H2,(H,17,20)/t10-,11+/m1/s1. The summed E-state index contributed by atoms with van der Waals surface area (Å²) in [6.07, 6.45) is -1.13. The minimum atomic E-state index is -2.15. The molecule has 0 aliphatic carbocycles. The molecule has 0 unspecified atom stereocenters. The Morgan fingerprint density at radius 1 is 1.29 bits per heavy atom. The lowest BCUT2D eigenvalue weighted by molar-refractivity contribution is -0.122. The summed E-state index contributed by atoms with van der Waals surface area (Å²) in [7, 11) is 0. The van der Waals surface area contributed by atoms with E-state index in [2.05, 4.69) is 5.32 Å². The van der Waals surface area contributed by atoms with Gasteiger partial charge in [0.2, 0.25) is 0 Å². The van der Waals surface area contributed by atoms with Crippen LogP contribution in [0.15, 0.2) is 30.3 Å². The maximum Gasteiger partial charge on any atom is 0.272 e. The van der Waals surface area contributed by atoms with E-state index in [4.69, 9.17) is 44.6 Å². The van der Waals surface area contributed by atoms with E-state index >= 15 is 0 Å². The van der Waals surface area contributed by atoms with Crippen LogP contribution < -0.4 is 5.32 Å². The maximum atomic E-state index is 11.5. The molecule has 1 amide bonds. The molecule has 0 aromatic heterocycles. The predicted molar refractivity (Wildman–Crippen MR) is 81.4 cm³/mol. The van der Waals surface area contributed by atoms with E-state index in [-0.39, 0.29) is 6.61 Å². The van der Waals surface area contributed by atoms with Crippen LogP contribution in [-0.2, 0) is 16.1 Å². The van der Waals surface area contributed by atoms with Crippen molar-refractivity contribution in [1.82, 2.24) is 5.32 Å². The molecule has 0 spiro atoms. The molecule has 5 nitrogen and oxygen atoms in total. The minimum Gasteiger partial charge on any atom is -0.394 e. The maximum absolute atomic E-state index is 11.5. The van der Waals surface area contributed by atoms with Crippen molar-refractivity contribution in [3.63, 3.8) is 0 Å². The fourth-order valence-corrected chi connectivity index (χ4v) is 1.67. The molecular weight excluding hydrogens is 341 g/mol. The molecule has 3 N–H and O–H groups in total. The zero-order valence-corrected chi connectivity index (χ0v) is 13.3. The number of aliphatic hydroxyl groups excluding tert-OH is 2. The molecule has 1 aromatic carbocycles. The number of halogens is 3. The first-order valence-electron chi connectivity index (χ1n) is 6.13. The number of hydrogen-bond donors (Lipinski definition) is 3. The van der Waals surface area contributed by atoms with Gasteiger partial charge in [-0.3, -0.25) is 4.79 Å². The van der Waals surface area contributed by atoms with Crippen LogP contribution in [0, 0.1) is 0 Å². The number of ether oxygens (including phenoxy) is 1. The fourth-order valence-electron chi connectivity index (χ4n) is 1.50. The van der Waals surface area contributed by atoms with Gasteiger partial charge in [0.05, 0.1) is 32.0 Å². The molecule has 21 heavy (non-hydrogen) atoms. The second kappa shape index (κ2) is 8.78. The number of nitrogens with one attached hydrogen (secondary N) is 1. The zero-order chi connectivity index (χ0) is 15.9. The molecule has 2 atom stereocenters. The first-order valence-corrected chi connectivity index (χ1v) is 7.26. The summed E-state index contributed by atoms with van der Waals surface area (Å²) in [6.45, 7) is -0.295. The number of benzene rings is 1. The van der Waals surface area contributed by atoms with E-state index in [0.29, 0.717) is 6.61 Å². The van der Waals surface area contributed by atoms with Gasteiger partial charge in [-0.25, -0.2) is 0 Å². The third-order valence-corrected chi connectivity index (χ3v) is 3.15. The normalized spacial score (nSPS) is 14.5. The van der Waals surface area contributed by atoms with E-state index < -0.39 is 28.5 Å². The van der Waals surface area contributed by atoms with Crippen LogP contribution >= 0.6 is 34.8 Å². The molecule has 0 saturated carbocycles. The quantitative estimate of drug-likeness (QED) is 0.646. The smallest absolute Gasteiger partial charge is 0.272 e. The topological polar surface area (TPSA) is 78.8 Å². The fraction of sp³-hybridized carbons (Fsp3) is 0.462. The van der Waals surface area contributed by atoms with Crippen LogP contribution in [0.25, 0.3) is 0 Å². The minimum absolute atomic E-state index is 0.0831. The van der Waals surface area contributed by atoms with Gasteiger partial charge in [0.15, 0.2) is 0 Å². The van der Waals surface area contributed by atoms with Crippen molar-refractivity contribution in [2.45, 2.75) is 22.5 Å². The largest absolute Gasteiger partial charge is 0.394 e. The zero-order valence-electron chi connectivity index (χ0n) is 11.0. The van der Waals surface area contributed by atoms with E-state index in [0.717, 1.165) is 5.56 Å². The molecule has 0 aliphatic heterocycles. The third kappa shape index (κ3) is 6.82. The van der Waals surface area contributed by atoms with E-state index in [1.807, 2.05) is 30.3 Å². The Kier molecular flexibility index (Phi) is 7.73. The first kappa shape index (κ1) is 18.5. The number of amides is 1. The Balaban J connectivity index is 2.41. The molecule has 8 heteroatoms. The average molecular weight is 357 g/mol. The molecule has 0 fully saturated rings. The number of carbonyl (C=O) groups excluding carboxylic acids is 1. The van der Waals surface area contributed by atoms with E-state index in [9.17, 15) is 9.90 Å². The Morgan fingerprint density at radius 3 is 2.43 bits per heavy atom. The number of rotatable bonds is 7. The lowest BCUT2D eigenvalue weighted by atomic mass is 10.2. The average Bonchev–Trinajstić information content (AvgIpc) is 2.44. The number of alkyl halides is 3. The molecule has 0 saturated heterocycles. The van der Waals surface area contributed by atoms with Crippen LogP contribution in [0.4, 0.5) is 0 Å². The molecule has 0 heterocycles. The highest BCUT2D eigenvalue weighted by Crippen LogP contribution is 2.26. The molecule has 1 aromatic rings. The van der Waals surface area contributed by atoms with Gasteiger partial charge in [0.25, 0.3) is 9.70 Å². The van der Waals surface area contributed by atoms with Crippen molar-refractivity contribution >= 4 is 40.7 Å². The Hall–Kier alpha value is -0.560. The number of aliphatic hydroxyl groups is 2. The van der Waals surface area contributed by atoms with Gasteiger partial charge in [-0.05, 0) is 5.56 Å². The number of hydrogen-bond acceptors (Lipinski definition) is 4. The summed E-state index contributed by atoms with van der Waals surface area (Å²) >= 11 is 16.2. The van der Waals surface area contributed by atoms with Gasteiger partial charge >= 0.3 is 0 Å². The molecule has 118 valence electrons. The summed E-state index contributed by atoms with van der Waals surface area (Å²) < 4.78 is 3.17. The van der Waals surface area contributed by atoms with Crippen molar-refractivity contribution in [3.05, 3.63) is 35.9 Å². The highest BCUT2D eigenvalue weighted by atomic mass is 35.6. The van der Waals surface area contributed by atoms with Gasteiger partial charge in [-0.1, -0.05) is 65.1 Å². The van der Waals surface area contributed by atoms with Crippen LogP contribution in [0.2, 0.25) is 0 Å². The van der Waals surface area contributed by atoms with Crippen LogP contribution in [0.3, 0.4) is 0 Å². The summed E-state index contributed by atoms with van der Waals surface area (Å²) in [6, 6.07) is 8.39. The molecular formula is C13H16Cl3NO4. The summed E-state index contributed by atoms with van der Waals surface area (Å²) in [4.78, 5) is 11.5. The Bertz CT molecular complexity index is 439. The van der Waals surface area contributed by atoms with Crippen molar-refractivity contribution in [1.29, 1.82) is 0 Å². The van der Waals surface area contributed by atoms with Crippen molar-refractivity contribution in [3.8, 4) is 0 Å². The van der Waals surface area contributed by atoms with Gasteiger partial charge in [0, 0.05) is 0 Å². The van der Waals surface area contributed by atoms with Crippen LogP contribution in [0.5, 0.6) is 0 Å². The van der Waals surface area contributed by atoms with E-state index in [1.165, 1.54) is 0 Å². The monoisotopic (exact) mass is 355 g/mol. The van der Waals surface area contributed by atoms with Crippen LogP contribution in [0.1, 0.15) is 5.56 Å². The van der Waals surface area contributed by atoms with Crippen molar-refractivity contribution < 1.29 is 19.7 Å². The third-order valence-electron chi connectivity index (χ3n) is 2.64. The lowest BCUT2D eigenvalue weighted by Gasteiger charge is -2.24. The molecule has 1 rings (SSSR count). The molecule has 0 bridgehead atoms. The van der Waals surface area contributed by atoms with Crippen molar-refractivity contribution in [2.75, 3.05) is 13.2 Å². The van der Waals surface area contributed by atoms with Gasteiger partial charge in [0.1, 0.15) is 0 Å². The van der Waals surface area contributed by atoms with Crippen LogP contribution in [-0.4, -0.2) is 45.3 Å². The van der Waals surface area contributed by atoms with Gasteiger partial charge in [-0.15, -0.1) is 0 Å².